The maximum absolute atomic E-state index is 11.6. The number of aromatic amines is 1. The zero-order valence-electron chi connectivity index (χ0n) is 8.68. The average molecular weight is 260 g/mol. The molecule has 0 spiro atoms. The lowest BCUT2D eigenvalue weighted by atomic mass is 10.1. The van der Waals surface area contributed by atoms with Crippen LogP contribution in [0.15, 0.2) is 17.1 Å². The molecule has 94 valence electrons. The van der Waals surface area contributed by atoms with Crippen molar-refractivity contribution in [1.82, 2.24) is 9.55 Å². The van der Waals surface area contributed by atoms with Gasteiger partial charge in [0, 0.05) is 6.20 Å². The van der Waals surface area contributed by atoms with E-state index in [1.807, 2.05) is 0 Å². The van der Waals surface area contributed by atoms with Gasteiger partial charge in [-0.05, 0) is 6.07 Å². The normalized spacial score (nSPS) is 32.9. The summed E-state index contributed by atoms with van der Waals surface area (Å²) in [6, 6.07) is 1.46. The zero-order valence-corrected chi connectivity index (χ0v) is 9.50. The average Bonchev–Trinajstić information content (AvgIpc) is 2.57. The molecule has 2 unspecified atom stereocenters. The van der Waals surface area contributed by atoms with Crippen LogP contribution < -0.4 is 5.69 Å². The lowest BCUT2D eigenvalue weighted by Crippen LogP contribution is -2.35. The number of ether oxygens (including phenoxy) is 1. The highest BCUT2D eigenvalue weighted by molar-refractivity contribution is 7.71. The van der Waals surface area contributed by atoms with Gasteiger partial charge in [-0.1, -0.05) is 12.2 Å². The molecule has 0 radical (unpaired) electrons. The van der Waals surface area contributed by atoms with Gasteiger partial charge < -0.3 is 20.1 Å². The molecule has 2 rings (SSSR count). The number of nitrogens with zero attached hydrogens (tertiary/aromatic N) is 1. The van der Waals surface area contributed by atoms with Crippen LogP contribution >= 0.6 is 12.2 Å². The lowest BCUT2D eigenvalue weighted by Gasteiger charge is -2.16. The second kappa shape index (κ2) is 4.67. The number of aliphatic hydroxyl groups excluding tert-OH is 3. The number of aromatic nitrogens is 2. The Hall–Kier alpha value is -1.06. The number of rotatable bonds is 2. The number of hydrogen-bond donors (Lipinski definition) is 4. The Morgan fingerprint density at radius 1 is 1.47 bits per heavy atom. The Bertz CT molecular complexity index is 513. The van der Waals surface area contributed by atoms with E-state index in [4.69, 9.17) is 22.1 Å². The third-order valence-corrected chi connectivity index (χ3v) is 2.88. The van der Waals surface area contributed by atoms with Gasteiger partial charge in [0.05, 0.1) is 6.61 Å². The largest absolute Gasteiger partial charge is 0.394 e. The van der Waals surface area contributed by atoms with E-state index < -0.39 is 36.8 Å². The highest BCUT2D eigenvalue weighted by atomic mass is 32.1. The molecule has 1 aromatic rings. The highest BCUT2D eigenvalue weighted by Gasteiger charge is 2.43. The first kappa shape index (κ1) is 12.4. The van der Waals surface area contributed by atoms with Gasteiger partial charge in [0.1, 0.15) is 23.0 Å². The van der Waals surface area contributed by atoms with Crippen molar-refractivity contribution in [1.29, 1.82) is 0 Å². The molecule has 0 aliphatic carbocycles. The van der Waals surface area contributed by atoms with E-state index in [9.17, 15) is 15.0 Å². The van der Waals surface area contributed by atoms with Crippen LogP contribution in [0, 0.1) is 4.64 Å². The van der Waals surface area contributed by atoms with E-state index >= 15 is 0 Å². The predicted molar refractivity (Wildman–Crippen MR) is 58.9 cm³/mol. The van der Waals surface area contributed by atoms with Crippen molar-refractivity contribution >= 4 is 12.2 Å². The molecule has 1 aromatic heterocycles. The molecule has 0 bridgehead atoms. The number of aliphatic hydroxyl groups is 3. The first-order chi connectivity index (χ1) is 8.04. The summed E-state index contributed by atoms with van der Waals surface area (Å²) in [5.41, 5.74) is -0.549. The lowest BCUT2D eigenvalue weighted by molar-refractivity contribution is -0.0550. The van der Waals surface area contributed by atoms with Crippen LogP contribution in [0.2, 0.25) is 0 Å². The molecule has 17 heavy (non-hydrogen) atoms. The van der Waals surface area contributed by atoms with Crippen LogP contribution in [0.3, 0.4) is 0 Å². The maximum Gasteiger partial charge on any atom is 0.328 e. The molecule has 4 atom stereocenters. The molecule has 8 heteroatoms. The summed E-state index contributed by atoms with van der Waals surface area (Å²) in [7, 11) is 0. The Labute approximate surface area is 101 Å². The van der Waals surface area contributed by atoms with Crippen LogP contribution in [0.4, 0.5) is 0 Å². The molecule has 0 saturated carbocycles. The third kappa shape index (κ3) is 2.17. The summed E-state index contributed by atoms with van der Waals surface area (Å²) < 4.78 is 6.55. The summed E-state index contributed by atoms with van der Waals surface area (Å²) in [6.45, 7) is -0.438. The number of H-pyrrole nitrogens is 1. The summed E-state index contributed by atoms with van der Waals surface area (Å²) in [5, 5.41) is 28.2. The summed E-state index contributed by atoms with van der Waals surface area (Å²) in [5.74, 6) is 0. The molecule has 2 heterocycles. The second-order valence-electron chi connectivity index (χ2n) is 3.75. The van der Waals surface area contributed by atoms with Gasteiger partial charge in [0.2, 0.25) is 0 Å². The minimum atomic E-state index is -1.28. The summed E-state index contributed by atoms with van der Waals surface area (Å²) in [6.07, 6.45) is -3.11. The van der Waals surface area contributed by atoms with Crippen molar-refractivity contribution in [2.75, 3.05) is 6.61 Å². The standard InChI is InChI=1S/C9H12N2O5S/c12-3-4-6(13)7(14)8(16-4)11-2-1-5(17)10-9(11)15/h1-2,4,6-8,12-14H,3H2,(H,10,15,17)/t4-,6?,7?,8-/m1/s1. The fourth-order valence-corrected chi connectivity index (χ4v) is 1.89. The minimum absolute atomic E-state index is 0.262. The zero-order chi connectivity index (χ0) is 12.6. The Kier molecular flexibility index (Phi) is 3.40. The van der Waals surface area contributed by atoms with E-state index in [0.717, 1.165) is 4.57 Å². The summed E-state index contributed by atoms with van der Waals surface area (Å²) in [4.78, 5) is 14.0. The van der Waals surface area contributed by atoms with Gasteiger partial charge in [-0.25, -0.2) is 4.79 Å². The first-order valence-electron chi connectivity index (χ1n) is 4.98. The van der Waals surface area contributed by atoms with Gasteiger partial charge in [-0.2, -0.15) is 0 Å². The monoisotopic (exact) mass is 260 g/mol. The molecule has 1 aliphatic heterocycles. The van der Waals surface area contributed by atoms with Crippen LogP contribution in [0.1, 0.15) is 6.23 Å². The van der Waals surface area contributed by atoms with E-state index in [1.54, 1.807) is 0 Å². The molecule has 0 amide bonds. The highest BCUT2D eigenvalue weighted by Crippen LogP contribution is 2.27. The van der Waals surface area contributed by atoms with Crippen LogP contribution in [-0.4, -0.2) is 49.8 Å². The molecule has 0 aromatic carbocycles. The topological polar surface area (TPSA) is 108 Å². The van der Waals surface area contributed by atoms with Crippen molar-refractivity contribution in [3.05, 3.63) is 27.4 Å². The molecule has 1 aliphatic rings. The van der Waals surface area contributed by atoms with E-state index in [2.05, 4.69) is 4.98 Å². The van der Waals surface area contributed by atoms with Crippen LogP contribution in [-0.2, 0) is 4.74 Å². The van der Waals surface area contributed by atoms with E-state index in [-0.39, 0.29) is 4.64 Å². The molecule has 7 nitrogen and oxygen atoms in total. The molecule has 1 saturated heterocycles. The Morgan fingerprint density at radius 2 is 2.18 bits per heavy atom. The number of nitrogens with one attached hydrogen (secondary N) is 1. The summed E-state index contributed by atoms with van der Waals surface area (Å²) >= 11 is 4.77. The quantitative estimate of drug-likeness (QED) is 0.483. The second-order valence-corrected chi connectivity index (χ2v) is 4.19. The number of hydrogen-bond acceptors (Lipinski definition) is 6. The van der Waals surface area contributed by atoms with Gasteiger partial charge in [0.15, 0.2) is 6.23 Å². The smallest absolute Gasteiger partial charge is 0.328 e. The van der Waals surface area contributed by atoms with Crippen molar-refractivity contribution in [2.45, 2.75) is 24.5 Å². The van der Waals surface area contributed by atoms with Crippen molar-refractivity contribution < 1.29 is 20.1 Å². The Balaban J connectivity index is 2.35. The van der Waals surface area contributed by atoms with Gasteiger partial charge >= 0.3 is 5.69 Å². The van der Waals surface area contributed by atoms with Gasteiger partial charge in [-0.3, -0.25) is 9.55 Å². The van der Waals surface area contributed by atoms with Gasteiger partial charge in [-0.15, -0.1) is 0 Å². The van der Waals surface area contributed by atoms with Crippen molar-refractivity contribution in [3.63, 3.8) is 0 Å². The predicted octanol–water partition coefficient (Wildman–Crippen LogP) is -1.48. The van der Waals surface area contributed by atoms with Crippen molar-refractivity contribution in [3.8, 4) is 0 Å². The fourth-order valence-electron chi connectivity index (χ4n) is 1.74. The molecular formula is C9H12N2O5S. The first-order valence-corrected chi connectivity index (χ1v) is 5.39. The molecule has 1 fully saturated rings. The Morgan fingerprint density at radius 3 is 2.71 bits per heavy atom. The van der Waals surface area contributed by atoms with Crippen LogP contribution in [0.25, 0.3) is 0 Å². The fraction of sp³-hybridized carbons (Fsp3) is 0.556. The van der Waals surface area contributed by atoms with E-state index in [1.165, 1.54) is 12.3 Å². The SMILES string of the molecule is O=c1[nH]c(=S)ccn1[C@@H]1O[C@H](CO)C(O)C1O. The minimum Gasteiger partial charge on any atom is -0.394 e. The maximum atomic E-state index is 11.6. The third-order valence-electron chi connectivity index (χ3n) is 2.64. The van der Waals surface area contributed by atoms with Crippen molar-refractivity contribution in [2.24, 2.45) is 0 Å². The molecule has 4 N–H and O–H groups in total. The molecular weight excluding hydrogens is 248 g/mol. The van der Waals surface area contributed by atoms with Crippen LogP contribution in [0.5, 0.6) is 0 Å². The van der Waals surface area contributed by atoms with Gasteiger partial charge in [0.25, 0.3) is 0 Å². The van der Waals surface area contributed by atoms with E-state index in [0.29, 0.717) is 0 Å².